The Bertz CT molecular complexity index is 958. The summed E-state index contributed by atoms with van der Waals surface area (Å²) in [6.07, 6.45) is 0.0836. The first-order valence-corrected chi connectivity index (χ1v) is 12.6. The van der Waals surface area contributed by atoms with Gasteiger partial charge in [-0.25, -0.2) is 9.59 Å². The Balaban J connectivity index is 2.80. The molecule has 0 aliphatic rings. The highest BCUT2D eigenvalue weighted by molar-refractivity contribution is 5.98. The number of rotatable bonds is 13. The Kier molecular flexibility index (Phi) is 13.1. The summed E-state index contributed by atoms with van der Waals surface area (Å²) in [5.41, 5.74) is 6.23. The van der Waals surface area contributed by atoms with E-state index in [0.717, 1.165) is 5.56 Å². The minimum atomic E-state index is -0.929. The highest BCUT2D eigenvalue weighted by Crippen LogP contribution is 2.13. The van der Waals surface area contributed by atoms with E-state index < -0.39 is 36.0 Å². The van der Waals surface area contributed by atoms with E-state index in [1.165, 1.54) is 6.92 Å². The molecule has 38 heavy (non-hydrogen) atoms. The monoisotopic (exact) mass is 534 g/mol. The number of alkyl carbamates (subject to hydrolysis) is 1. The van der Waals surface area contributed by atoms with E-state index in [1.54, 1.807) is 38.1 Å². The number of carbonyl (C=O) groups is 5. The van der Waals surface area contributed by atoms with Crippen LogP contribution in [-0.2, 0) is 25.7 Å². The maximum absolute atomic E-state index is 13.0. The summed E-state index contributed by atoms with van der Waals surface area (Å²) in [7, 11) is 0. The Labute approximate surface area is 224 Å². The summed E-state index contributed by atoms with van der Waals surface area (Å²) >= 11 is 0. The number of amides is 6. The third kappa shape index (κ3) is 13.5. The molecule has 0 aliphatic carbocycles. The van der Waals surface area contributed by atoms with Gasteiger partial charge in [0.2, 0.25) is 17.7 Å². The molecule has 0 radical (unpaired) electrons. The summed E-state index contributed by atoms with van der Waals surface area (Å²) in [4.78, 5) is 60.2. The van der Waals surface area contributed by atoms with Crippen LogP contribution in [-0.4, -0.2) is 55.0 Å². The molecule has 1 aromatic rings. The molecule has 0 aliphatic heterocycles. The minimum absolute atomic E-state index is 0.0613. The van der Waals surface area contributed by atoms with Crippen molar-refractivity contribution in [2.24, 2.45) is 17.1 Å². The highest BCUT2D eigenvalue weighted by Gasteiger charge is 2.28. The number of urea groups is 1. The first-order valence-electron chi connectivity index (χ1n) is 12.6. The van der Waals surface area contributed by atoms with Gasteiger partial charge in [0.05, 0.1) is 0 Å². The molecule has 1 aromatic carbocycles. The van der Waals surface area contributed by atoms with Crippen LogP contribution in [0.15, 0.2) is 24.3 Å². The topological polar surface area (TPSA) is 181 Å². The molecule has 2 unspecified atom stereocenters. The molecule has 2 atom stereocenters. The lowest BCUT2D eigenvalue weighted by Gasteiger charge is -2.25. The van der Waals surface area contributed by atoms with Crippen LogP contribution in [0, 0.1) is 11.3 Å². The summed E-state index contributed by atoms with van der Waals surface area (Å²) in [6.45, 7) is 11.7. The van der Waals surface area contributed by atoms with Gasteiger partial charge in [0, 0.05) is 25.7 Å². The van der Waals surface area contributed by atoms with E-state index >= 15 is 0 Å². The molecule has 12 nitrogen and oxygen atoms in total. The van der Waals surface area contributed by atoms with Gasteiger partial charge in [-0.2, -0.15) is 0 Å². The number of primary amides is 1. The zero-order valence-electron chi connectivity index (χ0n) is 23.1. The Morgan fingerprint density at radius 1 is 0.947 bits per heavy atom. The van der Waals surface area contributed by atoms with Crippen molar-refractivity contribution >= 4 is 35.5 Å². The average Bonchev–Trinajstić information content (AvgIpc) is 2.81. The molecule has 7 N–H and O–H groups in total. The lowest BCUT2D eigenvalue weighted by molar-refractivity contribution is -0.131. The number of hydrogen-bond donors (Lipinski definition) is 6. The largest absolute Gasteiger partial charge is 0.445 e. The SMILES string of the molecule is CC(=O)NC(C(=O)NC(CCCNC(N)=O)C(=O)Nc1ccc(COC(=O)NCC(C)(C)C)cc1)C(C)C. The van der Waals surface area contributed by atoms with Crippen molar-refractivity contribution in [3.8, 4) is 0 Å². The van der Waals surface area contributed by atoms with Gasteiger partial charge >= 0.3 is 12.1 Å². The quantitative estimate of drug-likeness (QED) is 0.210. The molecule has 212 valence electrons. The van der Waals surface area contributed by atoms with Gasteiger partial charge < -0.3 is 37.1 Å². The van der Waals surface area contributed by atoms with Gasteiger partial charge in [-0.05, 0) is 41.9 Å². The summed E-state index contributed by atoms with van der Waals surface area (Å²) in [5.74, 6) is -1.52. The minimum Gasteiger partial charge on any atom is -0.445 e. The number of nitrogens with one attached hydrogen (secondary N) is 5. The van der Waals surface area contributed by atoms with Crippen molar-refractivity contribution in [3.05, 3.63) is 29.8 Å². The fourth-order valence-electron chi connectivity index (χ4n) is 3.25. The summed E-state index contributed by atoms with van der Waals surface area (Å²) < 4.78 is 5.21. The van der Waals surface area contributed by atoms with Crippen molar-refractivity contribution < 1.29 is 28.7 Å². The molecule has 1 rings (SSSR count). The van der Waals surface area contributed by atoms with E-state index in [1.807, 2.05) is 20.8 Å². The number of anilines is 1. The second-order valence-electron chi connectivity index (χ2n) is 10.6. The second kappa shape index (κ2) is 15.4. The van der Waals surface area contributed by atoms with Gasteiger partial charge in [0.25, 0.3) is 0 Å². The lowest BCUT2D eigenvalue weighted by Crippen LogP contribution is -2.54. The maximum Gasteiger partial charge on any atom is 0.407 e. The van der Waals surface area contributed by atoms with E-state index in [9.17, 15) is 24.0 Å². The Morgan fingerprint density at radius 3 is 2.11 bits per heavy atom. The van der Waals surface area contributed by atoms with Gasteiger partial charge in [-0.3, -0.25) is 14.4 Å². The van der Waals surface area contributed by atoms with Crippen molar-refractivity contribution in [1.82, 2.24) is 21.3 Å². The van der Waals surface area contributed by atoms with Crippen molar-refractivity contribution in [2.45, 2.75) is 73.1 Å². The standard InChI is InChI=1S/C26H42N6O6/c1-16(2)21(30-17(3)33)23(35)32-20(8-7-13-28-24(27)36)22(34)31-19-11-9-18(10-12-19)14-38-25(37)29-15-26(4,5)6/h9-12,16,20-21H,7-8,13-15H2,1-6H3,(H,29,37)(H,30,33)(H,31,34)(H,32,35)(H3,27,28,36). The van der Waals surface area contributed by atoms with E-state index in [-0.39, 0.29) is 36.8 Å². The maximum atomic E-state index is 13.0. The fourth-order valence-corrected chi connectivity index (χ4v) is 3.25. The first-order chi connectivity index (χ1) is 17.7. The molecule has 12 heteroatoms. The Morgan fingerprint density at radius 2 is 1.58 bits per heavy atom. The predicted octanol–water partition coefficient (Wildman–Crippen LogP) is 1.99. The van der Waals surface area contributed by atoms with Crippen LogP contribution in [0.1, 0.15) is 59.9 Å². The molecular formula is C26H42N6O6. The van der Waals surface area contributed by atoms with Crippen LogP contribution in [0.5, 0.6) is 0 Å². The van der Waals surface area contributed by atoms with Crippen molar-refractivity contribution in [1.29, 1.82) is 0 Å². The molecule has 0 aromatic heterocycles. The van der Waals surface area contributed by atoms with Crippen molar-refractivity contribution in [2.75, 3.05) is 18.4 Å². The van der Waals surface area contributed by atoms with Crippen LogP contribution < -0.4 is 32.3 Å². The molecular weight excluding hydrogens is 492 g/mol. The van der Waals surface area contributed by atoms with Gasteiger partial charge in [0.1, 0.15) is 18.7 Å². The average molecular weight is 535 g/mol. The lowest BCUT2D eigenvalue weighted by atomic mass is 9.97. The second-order valence-corrected chi connectivity index (χ2v) is 10.6. The van der Waals surface area contributed by atoms with Gasteiger partial charge in [-0.1, -0.05) is 46.8 Å². The summed E-state index contributed by atoms with van der Waals surface area (Å²) in [5, 5.41) is 13.2. The predicted molar refractivity (Wildman–Crippen MR) is 144 cm³/mol. The number of hydrogen-bond acceptors (Lipinski definition) is 6. The number of nitrogens with two attached hydrogens (primary N) is 1. The van der Waals surface area contributed by atoms with Crippen molar-refractivity contribution in [3.63, 3.8) is 0 Å². The van der Waals surface area contributed by atoms with Crippen LogP contribution in [0.25, 0.3) is 0 Å². The number of benzene rings is 1. The molecule has 0 spiro atoms. The smallest absolute Gasteiger partial charge is 0.407 e. The fraction of sp³-hybridized carbons (Fsp3) is 0.577. The van der Waals surface area contributed by atoms with Crippen LogP contribution in [0.4, 0.5) is 15.3 Å². The first kappa shape index (κ1) is 32.2. The molecule has 0 saturated heterocycles. The molecule has 6 amide bonds. The highest BCUT2D eigenvalue weighted by atomic mass is 16.5. The number of ether oxygens (including phenoxy) is 1. The van der Waals surface area contributed by atoms with E-state index in [2.05, 4.69) is 26.6 Å². The number of carbonyl (C=O) groups excluding carboxylic acids is 5. The summed E-state index contributed by atoms with van der Waals surface area (Å²) in [6, 6.07) is 4.31. The van der Waals surface area contributed by atoms with Gasteiger partial charge in [-0.15, -0.1) is 0 Å². The Hall–Kier alpha value is -3.83. The third-order valence-electron chi connectivity index (χ3n) is 5.26. The molecule has 0 saturated carbocycles. The van der Waals surface area contributed by atoms with Crippen LogP contribution in [0.3, 0.4) is 0 Å². The molecule has 0 fully saturated rings. The third-order valence-corrected chi connectivity index (χ3v) is 5.26. The zero-order valence-corrected chi connectivity index (χ0v) is 23.1. The van der Waals surface area contributed by atoms with E-state index in [0.29, 0.717) is 18.7 Å². The van der Waals surface area contributed by atoms with E-state index in [4.69, 9.17) is 10.5 Å². The molecule has 0 bridgehead atoms. The van der Waals surface area contributed by atoms with Gasteiger partial charge in [0.15, 0.2) is 0 Å². The molecule has 0 heterocycles. The van der Waals surface area contributed by atoms with Crippen LogP contribution in [0.2, 0.25) is 0 Å². The van der Waals surface area contributed by atoms with Crippen LogP contribution >= 0.6 is 0 Å². The normalized spacial score (nSPS) is 12.6. The zero-order chi connectivity index (χ0) is 28.9.